The molecule has 1 amide bonds. The maximum Gasteiger partial charge on any atom is 0.238 e. The predicted molar refractivity (Wildman–Crippen MR) is 96.5 cm³/mol. The molecule has 0 saturated carbocycles. The lowest BCUT2D eigenvalue weighted by Crippen LogP contribution is -2.53. The topological polar surface area (TPSA) is 108 Å². The summed E-state index contributed by atoms with van der Waals surface area (Å²) in [5.41, 5.74) is 0.768. The van der Waals surface area contributed by atoms with Crippen LogP contribution in [0, 0.1) is 0 Å². The minimum absolute atomic E-state index is 0.0836. The quantitative estimate of drug-likeness (QED) is 0.574. The molecule has 1 aromatic rings. The number of nitrogens with zero attached hydrogens (tertiary/aromatic N) is 3. The molecule has 25 heavy (non-hydrogen) atoms. The van der Waals surface area contributed by atoms with E-state index in [-0.39, 0.29) is 10.8 Å². The Morgan fingerprint density at radius 3 is 2.44 bits per heavy atom. The third kappa shape index (κ3) is 5.43. The van der Waals surface area contributed by atoms with E-state index < -0.39 is 10.0 Å². The fraction of sp³-hybridized carbons (Fsp3) is 0.500. The number of benzene rings is 1. The molecule has 0 aromatic heterocycles. The third-order valence-corrected chi connectivity index (χ3v) is 4.91. The molecule has 1 fully saturated rings. The van der Waals surface area contributed by atoms with Gasteiger partial charge in [0.2, 0.25) is 15.9 Å². The summed E-state index contributed by atoms with van der Waals surface area (Å²) >= 11 is 0. The second-order valence-electron chi connectivity index (χ2n) is 5.86. The van der Waals surface area contributed by atoms with E-state index in [1.165, 1.54) is 12.1 Å². The van der Waals surface area contributed by atoms with Crippen molar-refractivity contribution in [1.82, 2.24) is 15.1 Å². The highest BCUT2D eigenvalue weighted by atomic mass is 32.2. The molecule has 3 N–H and O–H groups in total. The monoisotopic (exact) mass is 367 g/mol. The van der Waals surface area contributed by atoms with Gasteiger partial charge in [0.15, 0.2) is 5.96 Å². The Morgan fingerprint density at radius 2 is 1.88 bits per heavy atom. The molecule has 1 saturated heterocycles. The molecule has 0 radical (unpaired) electrons. The van der Waals surface area contributed by atoms with Crippen LogP contribution in [-0.4, -0.2) is 62.8 Å². The van der Waals surface area contributed by atoms with E-state index in [1.54, 1.807) is 13.0 Å². The number of sulfonamides is 1. The number of nitrogens with one attached hydrogen (secondary N) is 1. The van der Waals surface area contributed by atoms with Gasteiger partial charge in [0.1, 0.15) is 0 Å². The molecule has 0 unspecified atom stereocenters. The van der Waals surface area contributed by atoms with Crippen molar-refractivity contribution < 1.29 is 13.2 Å². The van der Waals surface area contributed by atoms with Gasteiger partial charge in [-0.15, -0.1) is 0 Å². The van der Waals surface area contributed by atoms with E-state index in [2.05, 4.69) is 15.2 Å². The highest BCUT2D eigenvalue weighted by Crippen LogP contribution is 2.11. The number of hydrogen-bond donors (Lipinski definition) is 2. The van der Waals surface area contributed by atoms with E-state index in [0.717, 1.165) is 18.1 Å². The lowest BCUT2D eigenvalue weighted by molar-refractivity contribution is -0.130. The predicted octanol–water partition coefficient (Wildman–Crippen LogP) is -0.0364. The number of carbonyl (C=O) groups is 1. The molecule has 0 atom stereocenters. The van der Waals surface area contributed by atoms with E-state index in [1.807, 2.05) is 17.9 Å². The molecular formula is C16H25N5O3S. The number of amides is 1. The maximum atomic E-state index is 11.4. The first-order valence-electron chi connectivity index (χ1n) is 8.21. The number of rotatable bonds is 4. The largest absolute Gasteiger partial charge is 0.357 e. The van der Waals surface area contributed by atoms with Crippen molar-refractivity contribution in [3.63, 3.8) is 0 Å². The lowest BCUT2D eigenvalue weighted by atomic mass is 10.2. The van der Waals surface area contributed by atoms with Gasteiger partial charge in [-0.3, -0.25) is 4.79 Å². The van der Waals surface area contributed by atoms with Gasteiger partial charge in [0, 0.05) is 39.6 Å². The van der Waals surface area contributed by atoms with Crippen molar-refractivity contribution in [2.24, 2.45) is 10.1 Å². The van der Waals surface area contributed by atoms with Gasteiger partial charge in [0.05, 0.1) is 11.4 Å². The van der Waals surface area contributed by atoms with E-state index in [0.29, 0.717) is 32.7 Å². The SMILES string of the molecule is CCNC(=NCc1cccc(S(N)(=O)=O)c1)N1CCN(C(C)=O)CC1. The molecule has 2 rings (SSSR count). The molecule has 1 heterocycles. The van der Waals surface area contributed by atoms with Crippen LogP contribution in [-0.2, 0) is 21.4 Å². The Labute approximate surface area is 148 Å². The summed E-state index contributed by atoms with van der Waals surface area (Å²) in [5, 5.41) is 8.41. The first-order chi connectivity index (χ1) is 11.8. The van der Waals surface area contributed by atoms with Gasteiger partial charge in [-0.25, -0.2) is 18.5 Å². The number of carbonyl (C=O) groups excluding carboxylic acids is 1. The van der Waals surface area contributed by atoms with Crippen molar-refractivity contribution in [3.8, 4) is 0 Å². The van der Waals surface area contributed by atoms with Crippen LogP contribution >= 0.6 is 0 Å². The number of guanidine groups is 1. The highest BCUT2D eigenvalue weighted by Gasteiger charge is 2.20. The number of hydrogen-bond acceptors (Lipinski definition) is 4. The summed E-state index contributed by atoms with van der Waals surface area (Å²) in [6.45, 7) is 7.39. The van der Waals surface area contributed by atoms with Crippen LogP contribution in [0.3, 0.4) is 0 Å². The molecule has 1 aromatic carbocycles. The van der Waals surface area contributed by atoms with Crippen molar-refractivity contribution in [3.05, 3.63) is 29.8 Å². The fourth-order valence-corrected chi connectivity index (χ4v) is 3.23. The van der Waals surface area contributed by atoms with E-state index in [4.69, 9.17) is 5.14 Å². The Kier molecular flexibility index (Phi) is 6.38. The van der Waals surface area contributed by atoms with Gasteiger partial charge in [0.25, 0.3) is 0 Å². The van der Waals surface area contributed by atoms with Crippen LogP contribution in [0.5, 0.6) is 0 Å². The summed E-state index contributed by atoms with van der Waals surface area (Å²) in [6.07, 6.45) is 0. The van der Waals surface area contributed by atoms with E-state index >= 15 is 0 Å². The van der Waals surface area contributed by atoms with Crippen LogP contribution in [0.4, 0.5) is 0 Å². The summed E-state index contributed by atoms with van der Waals surface area (Å²) in [6, 6.07) is 6.48. The first-order valence-corrected chi connectivity index (χ1v) is 9.76. The summed E-state index contributed by atoms with van der Waals surface area (Å²) in [5.74, 6) is 0.841. The number of primary sulfonamides is 1. The molecule has 1 aliphatic rings. The van der Waals surface area contributed by atoms with Crippen molar-refractivity contribution >= 4 is 21.9 Å². The summed E-state index contributed by atoms with van der Waals surface area (Å²) < 4.78 is 22.9. The normalized spacial score (nSPS) is 16.0. The molecular weight excluding hydrogens is 342 g/mol. The van der Waals surface area contributed by atoms with Crippen molar-refractivity contribution in [2.75, 3.05) is 32.7 Å². The van der Waals surface area contributed by atoms with Crippen LogP contribution in [0.2, 0.25) is 0 Å². The number of piperazine rings is 1. The Balaban J connectivity index is 2.09. The van der Waals surface area contributed by atoms with Gasteiger partial charge in [-0.2, -0.15) is 0 Å². The maximum absolute atomic E-state index is 11.4. The minimum Gasteiger partial charge on any atom is -0.357 e. The average molecular weight is 367 g/mol. The Bertz CT molecular complexity index is 740. The fourth-order valence-electron chi connectivity index (χ4n) is 2.65. The first kappa shape index (κ1) is 19.2. The third-order valence-electron chi connectivity index (χ3n) is 4.00. The summed E-state index contributed by atoms with van der Waals surface area (Å²) in [7, 11) is -3.72. The van der Waals surface area contributed by atoms with Crippen molar-refractivity contribution in [1.29, 1.82) is 0 Å². The standard InChI is InChI=1S/C16H25N5O3S/c1-3-18-16(21-9-7-20(8-10-21)13(2)22)19-12-14-5-4-6-15(11-14)25(17,23)24/h4-6,11H,3,7-10,12H2,1-2H3,(H,18,19)(H2,17,23,24). The molecule has 138 valence electrons. The van der Waals surface area contributed by atoms with Crippen LogP contribution in [0.15, 0.2) is 34.2 Å². The lowest BCUT2D eigenvalue weighted by Gasteiger charge is -2.36. The van der Waals surface area contributed by atoms with Crippen LogP contribution in [0.25, 0.3) is 0 Å². The molecule has 8 nitrogen and oxygen atoms in total. The summed E-state index contributed by atoms with van der Waals surface area (Å²) in [4.78, 5) is 20.0. The second kappa shape index (κ2) is 8.30. The number of aliphatic imine (C=N–C) groups is 1. The van der Waals surface area contributed by atoms with Crippen LogP contribution < -0.4 is 10.5 Å². The molecule has 9 heteroatoms. The molecule has 1 aliphatic heterocycles. The average Bonchev–Trinajstić information content (AvgIpc) is 2.58. The molecule has 0 bridgehead atoms. The van der Waals surface area contributed by atoms with Crippen molar-refractivity contribution in [2.45, 2.75) is 25.3 Å². The van der Waals surface area contributed by atoms with Gasteiger partial charge < -0.3 is 15.1 Å². The smallest absolute Gasteiger partial charge is 0.238 e. The minimum atomic E-state index is -3.72. The second-order valence-corrected chi connectivity index (χ2v) is 7.42. The van der Waals surface area contributed by atoms with Gasteiger partial charge in [-0.05, 0) is 24.6 Å². The Morgan fingerprint density at radius 1 is 1.24 bits per heavy atom. The van der Waals surface area contributed by atoms with Crippen LogP contribution in [0.1, 0.15) is 19.4 Å². The zero-order valence-corrected chi connectivity index (χ0v) is 15.4. The van der Waals surface area contributed by atoms with E-state index in [9.17, 15) is 13.2 Å². The molecule has 0 aliphatic carbocycles. The highest BCUT2D eigenvalue weighted by molar-refractivity contribution is 7.89. The molecule has 0 spiro atoms. The Hall–Kier alpha value is -2.13. The zero-order chi connectivity index (χ0) is 18.4. The number of nitrogens with two attached hydrogens (primary N) is 1. The van der Waals surface area contributed by atoms with Gasteiger partial charge in [-0.1, -0.05) is 12.1 Å². The zero-order valence-electron chi connectivity index (χ0n) is 14.6. The van der Waals surface area contributed by atoms with Gasteiger partial charge >= 0.3 is 0 Å².